The molecule has 0 saturated carbocycles. The maximum atomic E-state index is 13.1. The molecule has 1 aromatic rings. The summed E-state index contributed by atoms with van der Waals surface area (Å²) in [6.45, 7) is -0.0309. The number of hydrogen-bond acceptors (Lipinski definition) is 3. The molecule has 0 amide bonds. The van der Waals surface area contributed by atoms with E-state index in [4.69, 9.17) is 17.3 Å². The summed E-state index contributed by atoms with van der Waals surface area (Å²) in [4.78, 5) is 0.000529. The van der Waals surface area contributed by atoms with Crippen LogP contribution in [0.3, 0.4) is 0 Å². The third-order valence-electron chi connectivity index (χ3n) is 1.82. The lowest BCUT2D eigenvalue weighted by molar-refractivity contribution is 0.583. The Labute approximate surface area is 111 Å². The first-order valence-electron chi connectivity index (χ1n) is 4.48. The van der Waals surface area contributed by atoms with Crippen LogP contribution in [0.25, 0.3) is 0 Å². The highest BCUT2D eigenvalue weighted by atomic mass is 35.5. The van der Waals surface area contributed by atoms with Crippen LogP contribution in [0.4, 0.5) is 4.39 Å². The number of halogens is 3. The first-order chi connectivity index (χ1) is 7.45. The van der Waals surface area contributed by atoms with Gasteiger partial charge >= 0.3 is 0 Å². The van der Waals surface area contributed by atoms with Gasteiger partial charge in [0.1, 0.15) is 11.6 Å². The molecule has 0 aromatic heterocycles. The predicted molar refractivity (Wildman–Crippen MR) is 69.0 cm³/mol. The Bertz CT molecular complexity index is 503. The zero-order chi connectivity index (χ0) is 12.2. The molecule has 0 saturated heterocycles. The van der Waals surface area contributed by atoms with Crippen LogP contribution in [0.2, 0.25) is 5.02 Å². The lowest BCUT2D eigenvalue weighted by Gasteiger charge is -2.03. The lowest BCUT2D eigenvalue weighted by Crippen LogP contribution is -2.08. The van der Waals surface area contributed by atoms with E-state index in [1.807, 2.05) is 0 Å². The fourth-order valence-electron chi connectivity index (χ4n) is 1.11. The Morgan fingerprint density at radius 3 is 2.65 bits per heavy atom. The number of benzene rings is 1. The van der Waals surface area contributed by atoms with Gasteiger partial charge in [-0.2, -0.15) is 0 Å². The van der Waals surface area contributed by atoms with Gasteiger partial charge in [-0.3, -0.25) is 0 Å². The Balaban J connectivity index is 0.00000256. The van der Waals surface area contributed by atoms with E-state index < -0.39 is 21.4 Å². The minimum absolute atomic E-state index is 0. The highest BCUT2D eigenvalue weighted by Crippen LogP contribution is 2.18. The summed E-state index contributed by atoms with van der Waals surface area (Å²) >= 11 is 5.66. The van der Waals surface area contributed by atoms with Gasteiger partial charge in [-0.1, -0.05) is 17.7 Å². The first kappa shape index (κ1) is 16.4. The van der Waals surface area contributed by atoms with Crippen molar-refractivity contribution in [2.24, 2.45) is 5.73 Å². The van der Waals surface area contributed by atoms with E-state index in [0.717, 1.165) is 6.08 Å². The van der Waals surface area contributed by atoms with Crippen LogP contribution in [-0.2, 0) is 9.84 Å². The van der Waals surface area contributed by atoms with Crippen molar-refractivity contribution < 1.29 is 12.8 Å². The minimum Gasteiger partial charge on any atom is -0.327 e. The monoisotopic (exact) mass is 299 g/mol. The van der Waals surface area contributed by atoms with Crippen molar-refractivity contribution in [2.45, 2.75) is 4.90 Å². The highest BCUT2D eigenvalue weighted by Gasteiger charge is 2.16. The van der Waals surface area contributed by atoms with Crippen molar-refractivity contribution >= 4 is 33.8 Å². The van der Waals surface area contributed by atoms with Crippen LogP contribution in [0.1, 0.15) is 0 Å². The normalized spacial score (nSPS) is 12.1. The Hall–Kier alpha value is -0.620. The summed E-state index contributed by atoms with van der Waals surface area (Å²) in [6, 6.07) is 5.70. The topological polar surface area (TPSA) is 60.2 Å². The zero-order valence-corrected chi connectivity index (χ0v) is 11.2. The molecule has 17 heavy (non-hydrogen) atoms. The molecule has 0 atom stereocenters. The molecule has 0 fully saturated rings. The Kier molecular flexibility index (Phi) is 6.70. The van der Waals surface area contributed by atoms with Gasteiger partial charge in [-0.25, -0.2) is 12.8 Å². The molecular weight excluding hydrogens is 288 g/mol. The average molecular weight is 300 g/mol. The van der Waals surface area contributed by atoms with Gasteiger partial charge in [-0.15, -0.1) is 12.4 Å². The smallest absolute Gasteiger partial charge is 0.184 e. The maximum Gasteiger partial charge on any atom is 0.184 e. The summed E-state index contributed by atoms with van der Waals surface area (Å²) in [5.41, 5.74) is 5.08. The molecule has 3 nitrogen and oxygen atoms in total. The van der Waals surface area contributed by atoms with Crippen molar-refractivity contribution in [3.8, 4) is 0 Å². The van der Waals surface area contributed by atoms with Gasteiger partial charge in [0.25, 0.3) is 0 Å². The highest BCUT2D eigenvalue weighted by molar-refractivity contribution is 7.91. The molecule has 0 aliphatic heterocycles. The van der Waals surface area contributed by atoms with E-state index in [1.165, 1.54) is 18.2 Å². The average Bonchev–Trinajstić information content (AvgIpc) is 2.17. The van der Waals surface area contributed by atoms with Gasteiger partial charge in [0, 0.05) is 11.6 Å². The van der Waals surface area contributed by atoms with Crippen molar-refractivity contribution in [1.82, 2.24) is 0 Å². The number of hydrogen-bond donors (Lipinski definition) is 1. The van der Waals surface area contributed by atoms with E-state index in [-0.39, 0.29) is 23.8 Å². The van der Waals surface area contributed by atoms with Gasteiger partial charge in [0.15, 0.2) is 9.84 Å². The molecule has 0 aliphatic carbocycles. The molecular formula is C10H12Cl2FNO2S. The van der Waals surface area contributed by atoms with Gasteiger partial charge in [0.2, 0.25) is 0 Å². The fraction of sp³-hybridized carbons (Fsp3) is 0.200. The van der Waals surface area contributed by atoms with Gasteiger partial charge < -0.3 is 5.73 Å². The third kappa shape index (κ3) is 5.04. The van der Waals surface area contributed by atoms with Crippen LogP contribution < -0.4 is 5.73 Å². The van der Waals surface area contributed by atoms with E-state index in [9.17, 15) is 12.8 Å². The maximum absolute atomic E-state index is 13.1. The van der Waals surface area contributed by atoms with Gasteiger partial charge in [0.05, 0.1) is 4.90 Å². The van der Waals surface area contributed by atoms with Crippen molar-refractivity contribution in [2.75, 3.05) is 12.3 Å². The van der Waals surface area contributed by atoms with Crippen LogP contribution in [0, 0.1) is 0 Å². The molecule has 1 aromatic carbocycles. The molecule has 1 rings (SSSR count). The van der Waals surface area contributed by atoms with Crippen molar-refractivity contribution in [3.63, 3.8) is 0 Å². The van der Waals surface area contributed by atoms with Crippen LogP contribution in [0.15, 0.2) is 41.1 Å². The Morgan fingerprint density at radius 2 is 2.12 bits per heavy atom. The van der Waals surface area contributed by atoms with E-state index in [1.54, 1.807) is 6.07 Å². The molecule has 0 heterocycles. The molecule has 0 radical (unpaired) electrons. The minimum atomic E-state index is -3.69. The second-order valence-corrected chi connectivity index (χ2v) is 5.53. The first-order valence-corrected chi connectivity index (χ1v) is 6.51. The van der Waals surface area contributed by atoms with Crippen LogP contribution in [0.5, 0.6) is 0 Å². The van der Waals surface area contributed by atoms with E-state index >= 15 is 0 Å². The predicted octanol–water partition coefficient (Wildman–Crippen LogP) is 2.35. The quantitative estimate of drug-likeness (QED) is 0.928. The van der Waals surface area contributed by atoms with Crippen LogP contribution >= 0.6 is 24.0 Å². The second-order valence-electron chi connectivity index (χ2n) is 3.10. The third-order valence-corrected chi connectivity index (χ3v) is 3.69. The largest absolute Gasteiger partial charge is 0.327 e. The molecule has 7 heteroatoms. The number of nitrogens with two attached hydrogens (primary N) is 1. The number of sulfone groups is 1. The SMILES string of the molecule is Cl.NC/C=C(\F)CS(=O)(=O)c1cccc(Cl)c1. The summed E-state index contributed by atoms with van der Waals surface area (Å²) in [7, 11) is -3.69. The Morgan fingerprint density at radius 1 is 1.47 bits per heavy atom. The zero-order valence-electron chi connectivity index (χ0n) is 8.77. The molecule has 0 spiro atoms. The summed E-state index contributed by atoms with van der Waals surface area (Å²) in [6.07, 6.45) is 1.03. The van der Waals surface area contributed by atoms with E-state index in [2.05, 4.69) is 0 Å². The second kappa shape index (κ2) is 6.96. The summed E-state index contributed by atoms with van der Waals surface area (Å²) in [5, 5.41) is 0.296. The molecule has 0 aliphatic rings. The van der Waals surface area contributed by atoms with Gasteiger partial charge in [-0.05, 0) is 24.3 Å². The molecule has 96 valence electrons. The van der Waals surface area contributed by atoms with E-state index in [0.29, 0.717) is 5.02 Å². The molecule has 0 unspecified atom stereocenters. The lowest BCUT2D eigenvalue weighted by atomic mass is 10.4. The summed E-state index contributed by atoms with van der Waals surface area (Å²) < 4.78 is 36.4. The molecule has 0 bridgehead atoms. The molecule has 2 N–H and O–H groups in total. The van der Waals surface area contributed by atoms with Crippen molar-refractivity contribution in [3.05, 3.63) is 41.2 Å². The summed E-state index contributed by atoms with van der Waals surface area (Å²) in [5.74, 6) is -1.45. The van der Waals surface area contributed by atoms with Crippen molar-refractivity contribution in [1.29, 1.82) is 0 Å². The van der Waals surface area contributed by atoms with Crippen LogP contribution in [-0.4, -0.2) is 20.7 Å². The number of rotatable bonds is 4. The standard InChI is InChI=1S/C10H11ClFNO2S.ClH/c11-8-2-1-3-10(6-8)16(14,15)7-9(12)4-5-13;/h1-4,6H,5,7,13H2;1H/b9-4-;. The fourth-order valence-corrected chi connectivity index (χ4v) is 2.61.